The zero-order valence-corrected chi connectivity index (χ0v) is 11.8. The Labute approximate surface area is 111 Å². The summed E-state index contributed by atoms with van der Waals surface area (Å²) in [6.45, 7) is 7.46. The lowest BCUT2D eigenvalue weighted by Crippen LogP contribution is -2.50. The SMILES string of the molecule is CC(C)(C)OC(=O)N1CC(c2csc(CN)n2)C1. The molecule has 1 aromatic heterocycles. The molecule has 1 aliphatic heterocycles. The van der Waals surface area contributed by atoms with Gasteiger partial charge in [-0.15, -0.1) is 11.3 Å². The number of hydrogen-bond acceptors (Lipinski definition) is 5. The standard InChI is InChI=1S/C12H19N3O2S/c1-12(2,3)17-11(16)15-5-8(6-15)9-7-18-10(4-13)14-9/h7-8H,4-6,13H2,1-3H3. The Balaban J connectivity index is 1.85. The minimum atomic E-state index is -0.435. The van der Waals surface area contributed by atoms with Crippen molar-refractivity contribution in [3.8, 4) is 0 Å². The Hall–Kier alpha value is -1.14. The highest BCUT2D eigenvalue weighted by Crippen LogP contribution is 2.29. The smallest absolute Gasteiger partial charge is 0.410 e. The Morgan fingerprint density at radius 1 is 1.61 bits per heavy atom. The average Bonchev–Trinajstić information content (AvgIpc) is 2.60. The second-order valence-electron chi connectivity index (χ2n) is 5.45. The van der Waals surface area contributed by atoms with E-state index in [0.29, 0.717) is 25.6 Å². The van der Waals surface area contributed by atoms with Gasteiger partial charge in [0.15, 0.2) is 0 Å². The van der Waals surface area contributed by atoms with E-state index >= 15 is 0 Å². The molecular formula is C12H19N3O2S. The minimum Gasteiger partial charge on any atom is -0.444 e. The number of nitrogens with two attached hydrogens (primary N) is 1. The van der Waals surface area contributed by atoms with Crippen LogP contribution < -0.4 is 5.73 Å². The predicted molar refractivity (Wildman–Crippen MR) is 70.6 cm³/mol. The molecule has 1 aliphatic rings. The van der Waals surface area contributed by atoms with Crippen molar-refractivity contribution in [2.75, 3.05) is 13.1 Å². The van der Waals surface area contributed by atoms with Crippen LogP contribution in [0.1, 0.15) is 37.4 Å². The maximum atomic E-state index is 11.7. The van der Waals surface area contributed by atoms with Crippen LogP contribution in [0, 0.1) is 0 Å². The van der Waals surface area contributed by atoms with E-state index in [1.54, 1.807) is 16.2 Å². The van der Waals surface area contributed by atoms with Crippen molar-refractivity contribution in [2.24, 2.45) is 5.73 Å². The number of amides is 1. The molecule has 0 saturated carbocycles. The summed E-state index contributed by atoms with van der Waals surface area (Å²) in [7, 11) is 0. The number of likely N-dealkylation sites (tertiary alicyclic amines) is 1. The van der Waals surface area contributed by atoms with Crippen LogP contribution in [0.25, 0.3) is 0 Å². The second kappa shape index (κ2) is 4.85. The second-order valence-corrected chi connectivity index (χ2v) is 6.40. The lowest BCUT2D eigenvalue weighted by molar-refractivity contribution is 0.00792. The highest BCUT2D eigenvalue weighted by Gasteiger charge is 2.35. The molecule has 18 heavy (non-hydrogen) atoms. The van der Waals surface area contributed by atoms with E-state index in [2.05, 4.69) is 4.98 Å². The van der Waals surface area contributed by atoms with Gasteiger partial charge in [-0.05, 0) is 20.8 Å². The summed E-state index contributed by atoms with van der Waals surface area (Å²) in [4.78, 5) is 17.9. The summed E-state index contributed by atoms with van der Waals surface area (Å²) in [5.41, 5.74) is 6.14. The fraction of sp³-hybridized carbons (Fsp3) is 0.667. The van der Waals surface area contributed by atoms with Gasteiger partial charge in [-0.1, -0.05) is 0 Å². The third kappa shape index (κ3) is 3.00. The fourth-order valence-electron chi connectivity index (χ4n) is 1.75. The lowest BCUT2D eigenvalue weighted by Gasteiger charge is -2.39. The van der Waals surface area contributed by atoms with Crippen LogP contribution in [0.4, 0.5) is 4.79 Å². The summed E-state index contributed by atoms with van der Waals surface area (Å²) in [6.07, 6.45) is -0.243. The monoisotopic (exact) mass is 269 g/mol. The van der Waals surface area contributed by atoms with Gasteiger partial charge in [0.2, 0.25) is 0 Å². The van der Waals surface area contributed by atoms with Crippen LogP contribution in [-0.2, 0) is 11.3 Å². The van der Waals surface area contributed by atoms with Crippen LogP contribution in [0.5, 0.6) is 0 Å². The Morgan fingerprint density at radius 3 is 2.78 bits per heavy atom. The highest BCUT2D eigenvalue weighted by molar-refractivity contribution is 7.09. The molecule has 0 spiro atoms. The molecule has 0 aromatic carbocycles. The molecule has 2 rings (SSSR count). The molecular weight excluding hydrogens is 250 g/mol. The van der Waals surface area contributed by atoms with Gasteiger partial charge in [-0.25, -0.2) is 9.78 Å². The molecule has 5 nitrogen and oxygen atoms in total. The maximum Gasteiger partial charge on any atom is 0.410 e. The first-order valence-corrected chi connectivity index (χ1v) is 6.89. The molecule has 2 N–H and O–H groups in total. The minimum absolute atomic E-state index is 0.243. The normalized spacial score (nSPS) is 16.6. The largest absolute Gasteiger partial charge is 0.444 e. The molecule has 6 heteroatoms. The van der Waals surface area contributed by atoms with Gasteiger partial charge in [0.25, 0.3) is 0 Å². The van der Waals surface area contributed by atoms with Crippen molar-refractivity contribution in [3.63, 3.8) is 0 Å². The number of aromatic nitrogens is 1. The van der Waals surface area contributed by atoms with E-state index in [-0.39, 0.29) is 6.09 Å². The van der Waals surface area contributed by atoms with Gasteiger partial charge in [0.1, 0.15) is 10.6 Å². The summed E-state index contributed by atoms with van der Waals surface area (Å²) >= 11 is 1.58. The number of ether oxygens (including phenoxy) is 1. The molecule has 0 atom stereocenters. The zero-order chi connectivity index (χ0) is 13.3. The summed E-state index contributed by atoms with van der Waals surface area (Å²) in [6, 6.07) is 0. The summed E-state index contributed by atoms with van der Waals surface area (Å²) in [5.74, 6) is 0.328. The van der Waals surface area contributed by atoms with Crippen LogP contribution in [0.15, 0.2) is 5.38 Å². The molecule has 1 amide bonds. The molecule has 2 heterocycles. The lowest BCUT2D eigenvalue weighted by atomic mass is 9.98. The van der Waals surface area contributed by atoms with E-state index in [0.717, 1.165) is 10.7 Å². The summed E-state index contributed by atoms with van der Waals surface area (Å²) in [5, 5.41) is 2.97. The van der Waals surface area contributed by atoms with Gasteiger partial charge in [0.05, 0.1) is 5.69 Å². The van der Waals surface area contributed by atoms with Gasteiger partial charge in [0, 0.05) is 30.9 Å². The Bertz CT molecular complexity index is 433. The van der Waals surface area contributed by atoms with Crippen molar-refractivity contribution in [3.05, 3.63) is 16.1 Å². The van der Waals surface area contributed by atoms with Crippen LogP contribution in [0.2, 0.25) is 0 Å². The van der Waals surface area contributed by atoms with Gasteiger partial charge in [-0.3, -0.25) is 0 Å². The van der Waals surface area contributed by atoms with Crippen LogP contribution in [0.3, 0.4) is 0 Å². The predicted octanol–water partition coefficient (Wildman–Crippen LogP) is 1.94. The molecule has 0 aliphatic carbocycles. The van der Waals surface area contributed by atoms with Gasteiger partial charge >= 0.3 is 6.09 Å². The third-order valence-corrected chi connectivity index (χ3v) is 3.59. The quantitative estimate of drug-likeness (QED) is 0.890. The number of nitrogens with zero attached hydrogens (tertiary/aromatic N) is 2. The Kier molecular flexibility index (Phi) is 3.59. The Morgan fingerprint density at radius 2 is 2.28 bits per heavy atom. The van der Waals surface area contributed by atoms with Crippen molar-refractivity contribution >= 4 is 17.4 Å². The molecule has 1 aromatic rings. The van der Waals surface area contributed by atoms with Crippen LogP contribution in [-0.4, -0.2) is 34.7 Å². The number of hydrogen-bond donors (Lipinski definition) is 1. The average molecular weight is 269 g/mol. The molecule has 1 saturated heterocycles. The van der Waals surface area contributed by atoms with Gasteiger partial charge in [-0.2, -0.15) is 0 Å². The molecule has 0 unspecified atom stereocenters. The zero-order valence-electron chi connectivity index (χ0n) is 11.0. The fourth-order valence-corrected chi connectivity index (χ4v) is 2.50. The third-order valence-electron chi connectivity index (χ3n) is 2.70. The molecule has 0 bridgehead atoms. The number of carbonyl (C=O) groups is 1. The number of carbonyl (C=O) groups excluding carboxylic acids is 1. The first-order chi connectivity index (χ1) is 8.39. The van der Waals surface area contributed by atoms with Crippen molar-refractivity contribution in [1.82, 2.24) is 9.88 Å². The van der Waals surface area contributed by atoms with E-state index < -0.39 is 5.60 Å². The van der Waals surface area contributed by atoms with Crippen LogP contribution >= 0.6 is 11.3 Å². The van der Waals surface area contributed by atoms with Crippen molar-refractivity contribution in [1.29, 1.82) is 0 Å². The summed E-state index contributed by atoms with van der Waals surface area (Å²) < 4.78 is 5.30. The maximum absolute atomic E-state index is 11.7. The van der Waals surface area contributed by atoms with E-state index in [9.17, 15) is 4.79 Å². The highest BCUT2D eigenvalue weighted by atomic mass is 32.1. The molecule has 100 valence electrons. The molecule has 0 radical (unpaired) electrons. The first kappa shape index (κ1) is 13.3. The topological polar surface area (TPSA) is 68.5 Å². The first-order valence-electron chi connectivity index (χ1n) is 6.01. The van der Waals surface area contributed by atoms with Crippen molar-refractivity contribution < 1.29 is 9.53 Å². The number of thiazole rings is 1. The molecule has 1 fully saturated rings. The van der Waals surface area contributed by atoms with E-state index in [4.69, 9.17) is 10.5 Å². The van der Waals surface area contributed by atoms with Gasteiger partial charge < -0.3 is 15.4 Å². The van der Waals surface area contributed by atoms with E-state index in [1.807, 2.05) is 26.2 Å². The number of rotatable bonds is 2. The van der Waals surface area contributed by atoms with E-state index in [1.165, 1.54) is 0 Å². The van der Waals surface area contributed by atoms with Crippen molar-refractivity contribution in [2.45, 2.75) is 38.8 Å².